The predicted octanol–water partition coefficient (Wildman–Crippen LogP) is 2.65. The molecule has 2 unspecified atom stereocenters. The molecule has 1 aliphatic rings. The first-order chi connectivity index (χ1) is 9.11. The third-order valence-corrected chi connectivity index (χ3v) is 4.26. The standard InChI is InChI=1S/C16H25NO2/c1-11-7-13(8-12(2)16(11)19)9-17-15-6-4-3-5-14(15)10-18/h7-8,14-15,17-19H,3-6,9-10H2,1-2H3. The van der Waals surface area contributed by atoms with Gasteiger partial charge in [0.2, 0.25) is 0 Å². The molecule has 0 heterocycles. The van der Waals surface area contributed by atoms with Crippen molar-refractivity contribution < 1.29 is 10.2 Å². The molecule has 0 amide bonds. The van der Waals surface area contributed by atoms with Gasteiger partial charge in [0.05, 0.1) is 0 Å². The largest absolute Gasteiger partial charge is 0.507 e. The van der Waals surface area contributed by atoms with Crippen LogP contribution in [0.2, 0.25) is 0 Å². The average Bonchev–Trinajstić information content (AvgIpc) is 2.42. The number of benzene rings is 1. The Labute approximate surface area is 115 Å². The summed E-state index contributed by atoms with van der Waals surface area (Å²) in [6.45, 7) is 4.96. The van der Waals surface area contributed by atoms with E-state index in [-0.39, 0.29) is 6.61 Å². The summed E-state index contributed by atoms with van der Waals surface area (Å²) in [7, 11) is 0. The maximum absolute atomic E-state index is 9.77. The summed E-state index contributed by atoms with van der Waals surface area (Å²) in [5.74, 6) is 0.794. The monoisotopic (exact) mass is 263 g/mol. The Morgan fingerprint density at radius 1 is 1.16 bits per heavy atom. The van der Waals surface area contributed by atoms with E-state index in [1.54, 1.807) is 0 Å². The van der Waals surface area contributed by atoms with E-state index in [0.29, 0.717) is 17.7 Å². The minimum absolute atomic E-state index is 0.283. The first kappa shape index (κ1) is 14.4. The second kappa shape index (κ2) is 6.40. The fourth-order valence-corrected chi connectivity index (χ4v) is 3.09. The molecular weight excluding hydrogens is 238 g/mol. The van der Waals surface area contributed by atoms with Crippen LogP contribution in [0.25, 0.3) is 0 Å². The molecule has 3 N–H and O–H groups in total. The molecular formula is C16H25NO2. The minimum Gasteiger partial charge on any atom is -0.507 e. The third-order valence-electron chi connectivity index (χ3n) is 4.26. The van der Waals surface area contributed by atoms with Crippen LogP contribution in [-0.4, -0.2) is 22.9 Å². The van der Waals surface area contributed by atoms with Crippen LogP contribution in [0.3, 0.4) is 0 Å². The smallest absolute Gasteiger partial charge is 0.121 e. The molecule has 0 radical (unpaired) electrons. The summed E-state index contributed by atoms with van der Waals surface area (Å²) in [4.78, 5) is 0. The van der Waals surface area contributed by atoms with E-state index in [4.69, 9.17) is 0 Å². The lowest BCUT2D eigenvalue weighted by Gasteiger charge is -2.31. The topological polar surface area (TPSA) is 52.5 Å². The van der Waals surface area contributed by atoms with Gasteiger partial charge in [0.1, 0.15) is 5.75 Å². The molecule has 1 aromatic rings. The summed E-state index contributed by atoms with van der Waals surface area (Å²) < 4.78 is 0. The zero-order valence-electron chi connectivity index (χ0n) is 11.9. The second-order valence-corrected chi connectivity index (χ2v) is 5.79. The summed E-state index contributed by atoms with van der Waals surface area (Å²) in [5.41, 5.74) is 3.06. The van der Waals surface area contributed by atoms with Gasteiger partial charge in [0.25, 0.3) is 0 Å². The first-order valence-electron chi connectivity index (χ1n) is 7.25. The summed E-state index contributed by atoms with van der Waals surface area (Å²) in [6.07, 6.45) is 4.77. The molecule has 0 spiro atoms. The number of aromatic hydroxyl groups is 1. The van der Waals surface area contributed by atoms with Crippen LogP contribution < -0.4 is 5.32 Å². The van der Waals surface area contributed by atoms with Gasteiger partial charge in [-0.3, -0.25) is 0 Å². The molecule has 106 valence electrons. The normalized spacial score (nSPS) is 23.5. The number of aryl methyl sites for hydroxylation is 2. The summed E-state index contributed by atoms with van der Waals surface area (Å²) in [5, 5.41) is 22.8. The van der Waals surface area contributed by atoms with E-state index in [0.717, 1.165) is 30.5 Å². The van der Waals surface area contributed by atoms with E-state index in [1.807, 2.05) is 26.0 Å². The van der Waals surface area contributed by atoms with Gasteiger partial charge in [0.15, 0.2) is 0 Å². The first-order valence-corrected chi connectivity index (χ1v) is 7.25. The second-order valence-electron chi connectivity index (χ2n) is 5.79. The van der Waals surface area contributed by atoms with E-state index in [9.17, 15) is 10.2 Å². The molecule has 2 atom stereocenters. The molecule has 0 bridgehead atoms. The molecule has 1 saturated carbocycles. The van der Waals surface area contributed by atoms with Gasteiger partial charge < -0.3 is 15.5 Å². The van der Waals surface area contributed by atoms with Crippen LogP contribution in [-0.2, 0) is 6.54 Å². The highest BCUT2D eigenvalue weighted by molar-refractivity contribution is 5.42. The Kier molecular flexibility index (Phi) is 4.83. The number of rotatable bonds is 4. The predicted molar refractivity (Wildman–Crippen MR) is 77.3 cm³/mol. The Bertz CT molecular complexity index is 408. The molecule has 0 saturated heterocycles. The number of aliphatic hydroxyl groups is 1. The van der Waals surface area contributed by atoms with E-state index in [1.165, 1.54) is 18.4 Å². The molecule has 1 aliphatic carbocycles. The third kappa shape index (κ3) is 3.48. The van der Waals surface area contributed by atoms with Gasteiger partial charge in [-0.05, 0) is 49.3 Å². The number of nitrogens with one attached hydrogen (secondary N) is 1. The number of hydrogen-bond acceptors (Lipinski definition) is 3. The lowest BCUT2D eigenvalue weighted by Crippen LogP contribution is -2.39. The van der Waals surface area contributed by atoms with Crippen LogP contribution in [0.1, 0.15) is 42.4 Å². The maximum Gasteiger partial charge on any atom is 0.121 e. The summed E-state index contributed by atoms with van der Waals surface area (Å²) in [6, 6.07) is 4.49. The number of hydrogen-bond donors (Lipinski definition) is 3. The minimum atomic E-state index is 0.283. The number of aliphatic hydroxyl groups excluding tert-OH is 1. The van der Waals surface area contributed by atoms with E-state index < -0.39 is 0 Å². The van der Waals surface area contributed by atoms with Crippen molar-refractivity contribution in [3.05, 3.63) is 28.8 Å². The van der Waals surface area contributed by atoms with Gasteiger partial charge in [-0.2, -0.15) is 0 Å². The van der Waals surface area contributed by atoms with Crippen LogP contribution in [0.15, 0.2) is 12.1 Å². The lowest BCUT2D eigenvalue weighted by atomic mass is 9.85. The van der Waals surface area contributed by atoms with Crippen molar-refractivity contribution >= 4 is 0 Å². The summed E-state index contributed by atoms with van der Waals surface area (Å²) >= 11 is 0. The SMILES string of the molecule is Cc1cc(CNC2CCCCC2CO)cc(C)c1O. The Morgan fingerprint density at radius 2 is 1.79 bits per heavy atom. The van der Waals surface area contributed by atoms with Crippen LogP contribution in [0.4, 0.5) is 0 Å². The zero-order chi connectivity index (χ0) is 13.8. The van der Waals surface area contributed by atoms with Gasteiger partial charge in [-0.15, -0.1) is 0 Å². The Hall–Kier alpha value is -1.06. The fraction of sp³-hybridized carbons (Fsp3) is 0.625. The highest BCUT2D eigenvalue weighted by Gasteiger charge is 2.23. The van der Waals surface area contributed by atoms with E-state index >= 15 is 0 Å². The lowest BCUT2D eigenvalue weighted by molar-refractivity contribution is 0.152. The van der Waals surface area contributed by atoms with Crippen LogP contribution in [0.5, 0.6) is 5.75 Å². The van der Waals surface area contributed by atoms with Crippen molar-refractivity contribution in [2.45, 2.75) is 52.1 Å². The molecule has 3 nitrogen and oxygen atoms in total. The van der Waals surface area contributed by atoms with Crippen molar-refractivity contribution in [1.29, 1.82) is 0 Å². The van der Waals surface area contributed by atoms with Gasteiger partial charge in [-0.1, -0.05) is 25.0 Å². The zero-order valence-corrected chi connectivity index (χ0v) is 11.9. The maximum atomic E-state index is 9.77. The van der Waals surface area contributed by atoms with Crippen molar-refractivity contribution in [3.63, 3.8) is 0 Å². The molecule has 2 rings (SSSR count). The van der Waals surface area contributed by atoms with Gasteiger partial charge in [0, 0.05) is 19.2 Å². The van der Waals surface area contributed by atoms with Crippen molar-refractivity contribution in [2.24, 2.45) is 5.92 Å². The van der Waals surface area contributed by atoms with Crippen molar-refractivity contribution in [2.75, 3.05) is 6.61 Å². The van der Waals surface area contributed by atoms with Crippen molar-refractivity contribution in [1.82, 2.24) is 5.32 Å². The molecule has 0 aromatic heterocycles. The fourth-order valence-electron chi connectivity index (χ4n) is 3.09. The molecule has 3 heteroatoms. The highest BCUT2D eigenvalue weighted by atomic mass is 16.3. The Balaban J connectivity index is 1.98. The van der Waals surface area contributed by atoms with Crippen LogP contribution >= 0.6 is 0 Å². The number of phenols is 1. The Morgan fingerprint density at radius 3 is 2.42 bits per heavy atom. The van der Waals surface area contributed by atoms with Crippen LogP contribution in [0, 0.1) is 19.8 Å². The molecule has 1 fully saturated rings. The quantitative estimate of drug-likeness (QED) is 0.783. The molecule has 0 aliphatic heterocycles. The highest BCUT2D eigenvalue weighted by Crippen LogP contribution is 2.26. The van der Waals surface area contributed by atoms with Gasteiger partial charge in [-0.25, -0.2) is 0 Å². The van der Waals surface area contributed by atoms with Gasteiger partial charge >= 0.3 is 0 Å². The van der Waals surface area contributed by atoms with E-state index in [2.05, 4.69) is 5.32 Å². The molecule has 1 aromatic carbocycles. The average molecular weight is 263 g/mol. The van der Waals surface area contributed by atoms with Crippen molar-refractivity contribution in [3.8, 4) is 5.75 Å². The molecule has 19 heavy (non-hydrogen) atoms. The number of phenolic OH excluding ortho intramolecular Hbond substituents is 1.